The summed E-state index contributed by atoms with van der Waals surface area (Å²) in [5.41, 5.74) is 4.77. The fourth-order valence-corrected chi connectivity index (χ4v) is 2.29. The molecule has 2 rings (SSSR count). The van der Waals surface area contributed by atoms with Crippen LogP contribution in [0.25, 0.3) is 0 Å². The third-order valence-electron chi connectivity index (χ3n) is 3.21. The Morgan fingerprint density at radius 2 is 1.89 bits per heavy atom. The van der Waals surface area contributed by atoms with Crippen LogP contribution in [0.3, 0.4) is 0 Å². The molecule has 1 aliphatic carbocycles. The number of hydrogen-bond donors (Lipinski definition) is 1. The summed E-state index contributed by atoms with van der Waals surface area (Å²) < 4.78 is 43.7. The lowest BCUT2D eigenvalue weighted by Crippen LogP contribution is -2.14. The van der Waals surface area contributed by atoms with E-state index >= 15 is 0 Å². The molecule has 18 heavy (non-hydrogen) atoms. The van der Waals surface area contributed by atoms with E-state index in [0.717, 1.165) is 31.7 Å². The van der Waals surface area contributed by atoms with Gasteiger partial charge in [0.2, 0.25) is 0 Å². The lowest BCUT2D eigenvalue weighted by molar-refractivity contribution is -0.138. The van der Waals surface area contributed by atoms with Crippen LogP contribution >= 0.6 is 0 Å². The van der Waals surface area contributed by atoms with Gasteiger partial charge in [-0.15, -0.1) is 0 Å². The maximum atomic E-state index is 12.7. The largest absolute Gasteiger partial charge is 0.490 e. The van der Waals surface area contributed by atoms with Crippen LogP contribution < -0.4 is 10.5 Å². The molecule has 1 aromatic carbocycles. The molecule has 0 spiro atoms. The second-order valence-electron chi connectivity index (χ2n) is 4.55. The van der Waals surface area contributed by atoms with E-state index in [1.807, 2.05) is 0 Å². The number of ether oxygens (including phenoxy) is 1. The molecule has 0 heterocycles. The minimum atomic E-state index is -4.36. The van der Waals surface area contributed by atoms with Crippen LogP contribution in [0.4, 0.5) is 13.2 Å². The summed E-state index contributed by atoms with van der Waals surface area (Å²) >= 11 is 0. The highest BCUT2D eigenvalue weighted by atomic mass is 19.4. The molecule has 0 unspecified atom stereocenters. The van der Waals surface area contributed by atoms with E-state index in [0.29, 0.717) is 5.75 Å². The molecule has 0 radical (unpaired) electrons. The molecule has 100 valence electrons. The van der Waals surface area contributed by atoms with Crippen LogP contribution in [0.5, 0.6) is 5.75 Å². The Morgan fingerprint density at radius 3 is 2.44 bits per heavy atom. The van der Waals surface area contributed by atoms with Gasteiger partial charge in [-0.3, -0.25) is 0 Å². The quantitative estimate of drug-likeness (QED) is 0.901. The minimum Gasteiger partial charge on any atom is -0.490 e. The lowest BCUT2D eigenvalue weighted by Gasteiger charge is -2.16. The molecular weight excluding hydrogens is 243 g/mol. The first-order valence-corrected chi connectivity index (χ1v) is 6.07. The molecule has 2 nitrogen and oxygen atoms in total. The number of rotatable bonds is 3. The summed E-state index contributed by atoms with van der Waals surface area (Å²) in [6, 6.07) is 3.83. The highest BCUT2D eigenvalue weighted by Gasteiger charge is 2.33. The first kappa shape index (κ1) is 13.2. The molecule has 2 N–H and O–H groups in total. The Balaban J connectivity index is 2.18. The van der Waals surface area contributed by atoms with E-state index < -0.39 is 11.7 Å². The highest BCUT2D eigenvalue weighted by Crippen LogP contribution is 2.34. The smallest absolute Gasteiger partial charge is 0.416 e. The van der Waals surface area contributed by atoms with Crippen molar-refractivity contribution in [2.75, 3.05) is 0 Å². The zero-order valence-electron chi connectivity index (χ0n) is 9.96. The second kappa shape index (κ2) is 5.18. The van der Waals surface area contributed by atoms with E-state index in [1.165, 1.54) is 12.1 Å². The summed E-state index contributed by atoms with van der Waals surface area (Å²) in [7, 11) is 0. The van der Waals surface area contributed by atoms with Crippen molar-refractivity contribution >= 4 is 0 Å². The van der Waals surface area contributed by atoms with Crippen LogP contribution in [0.1, 0.15) is 36.8 Å². The van der Waals surface area contributed by atoms with E-state index in [1.54, 1.807) is 0 Å². The summed E-state index contributed by atoms with van der Waals surface area (Å²) in [5, 5.41) is 0. The van der Waals surface area contributed by atoms with Gasteiger partial charge in [0.05, 0.1) is 11.7 Å². The van der Waals surface area contributed by atoms with Gasteiger partial charge in [-0.1, -0.05) is 0 Å². The topological polar surface area (TPSA) is 35.2 Å². The van der Waals surface area contributed by atoms with Gasteiger partial charge in [-0.05, 0) is 49.4 Å². The molecule has 0 aliphatic heterocycles. The van der Waals surface area contributed by atoms with Crippen LogP contribution in [0, 0.1) is 0 Å². The predicted octanol–water partition coefficient (Wildman–Crippen LogP) is 3.49. The zero-order valence-corrected chi connectivity index (χ0v) is 9.96. The summed E-state index contributed by atoms with van der Waals surface area (Å²) in [4.78, 5) is 0. The third-order valence-corrected chi connectivity index (χ3v) is 3.21. The zero-order chi connectivity index (χ0) is 13.2. The van der Waals surface area contributed by atoms with Crippen LogP contribution in [-0.2, 0) is 12.7 Å². The predicted molar refractivity (Wildman–Crippen MR) is 62.2 cm³/mol. The average Bonchev–Trinajstić information content (AvgIpc) is 2.80. The maximum Gasteiger partial charge on any atom is 0.416 e. The van der Waals surface area contributed by atoms with Crippen molar-refractivity contribution in [1.82, 2.24) is 0 Å². The Labute approximate surface area is 104 Å². The monoisotopic (exact) mass is 259 g/mol. The molecule has 0 aromatic heterocycles. The molecule has 1 fully saturated rings. The van der Waals surface area contributed by atoms with Gasteiger partial charge in [0.15, 0.2) is 0 Å². The van der Waals surface area contributed by atoms with Gasteiger partial charge in [-0.25, -0.2) is 0 Å². The van der Waals surface area contributed by atoms with E-state index in [4.69, 9.17) is 10.5 Å². The summed E-state index contributed by atoms with van der Waals surface area (Å²) in [6.45, 7) is -0.142. The Bertz CT molecular complexity index is 411. The molecule has 1 aliphatic rings. The normalized spacial score (nSPS) is 17.1. The molecule has 0 amide bonds. The number of halogens is 3. The number of hydrogen-bond acceptors (Lipinski definition) is 2. The summed E-state index contributed by atoms with van der Waals surface area (Å²) in [6.07, 6.45) is -0.0461. The van der Waals surface area contributed by atoms with Crippen LogP contribution in [-0.4, -0.2) is 6.10 Å². The maximum absolute atomic E-state index is 12.7. The fourth-order valence-electron chi connectivity index (χ4n) is 2.29. The van der Waals surface area contributed by atoms with Crippen molar-refractivity contribution in [3.8, 4) is 5.75 Å². The fraction of sp³-hybridized carbons (Fsp3) is 0.538. The van der Waals surface area contributed by atoms with Crippen molar-refractivity contribution in [1.29, 1.82) is 0 Å². The molecule has 1 aromatic rings. The van der Waals surface area contributed by atoms with Crippen LogP contribution in [0.2, 0.25) is 0 Å². The lowest BCUT2D eigenvalue weighted by atomic mass is 10.1. The van der Waals surface area contributed by atoms with E-state index in [-0.39, 0.29) is 18.2 Å². The molecule has 0 bridgehead atoms. The van der Waals surface area contributed by atoms with Crippen molar-refractivity contribution in [3.05, 3.63) is 29.3 Å². The SMILES string of the molecule is NCc1cc(OC2CCCC2)ccc1C(F)(F)F. The van der Waals surface area contributed by atoms with Crippen molar-refractivity contribution in [2.45, 2.75) is 44.5 Å². The Kier molecular flexibility index (Phi) is 3.80. The number of alkyl halides is 3. The van der Waals surface area contributed by atoms with Crippen molar-refractivity contribution < 1.29 is 17.9 Å². The van der Waals surface area contributed by atoms with Gasteiger partial charge in [0.1, 0.15) is 5.75 Å². The Hall–Kier alpha value is -1.23. The van der Waals surface area contributed by atoms with Gasteiger partial charge in [-0.2, -0.15) is 13.2 Å². The first-order valence-electron chi connectivity index (χ1n) is 6.07. The second-order valence-corrected chi connectivity index (χ2v) is 4.55. The average molecular weight is 259 g/mol. The van der Waals surface area contributed by atoms with E-state index in [2.05, 4.69) is 0 Å². The molecular formula is C13H16F3NO. The van der Waals surface area contributed by atoms with Crippen LogP contribution in [0.15, 0.2) is 18.2 Å². The third kappa shape index (κ3) is 2.96. The van der Waals surface area contributed by atoms with E-state index in [9.17, 15) is 13.2 Å². The highest BCUT2D eigenvalue weighted by molar-refractivity contribution is 5.37. The van der Waals surface area contributed by atoms with Gasteiger partial charge in [0.25, 0.3) is 0 Å². The molecule has 5 heteroatoms. The first-order chi connectivity index (χ1) is 8.50. The van der Waals surface area contributed by atoms with Gasteiger partial charge >= 0.3 is 6.18 Å². The minimum absolute atomic E-state index is 0.0815. The Morgan fingerprint density at radius 1 is 1.22 bits per heavy atom. The number of nitrogens with two attached hydrogens (primary N) is 1. The molecule has 0 atom stereocenters. The number of benzene rings is 1. The molecule has 0 saturated heterocycles. The molecule has 1 saturated carbocycles. The van der Waals surface area contributed by atoms with Gasteiger partial charge < -0.3 is 10.5 Å². The standard InChI is InChI=1S/C13H16F3NO/c14-13(15,16)12-6-5-11(7-9(12)8-17)18-10-3-1-2-4-10/h5-7,10H,1-4,8,17H2. The van der Waals surface area contributed by atoms with Gasteiger partial charge in [0, 0.05) is 6.54 Å². The van der Waals surface area contributed by atoms with Crippen molar-refractivity contribution in [2.24, 2.45) is 5.73 Å². The van der Waals surface area contributed by atoms with Crippen molar-refractivity contribution in [3.63, 3.8) is 0 Å². The summed E-state index contributed by atoms with van der Waals surface area (Å²) in [5.74, 6) is 0.482.